The fraction of sp³-hybridized carbons (Fsp3) is 0.571. The molecular formula is C21H30O7S3. The molecule has 0 aromatic heterocycles. The summed E-state index contributed by atoms with van der Waals surface area (Å²) < 4.78 is 0. The minimum atomic E-state index is -0.862. The van der Waals surface area contributed by atoms with Gasteiger partial charge in [-0.05, 0) is 5.56 Å². The van der Waals surface area contributed by atoms with E-state index in [0.29, 0.717) is 45.6 Å². The van der Waals surface area contributed by atoms with Crippen molar-refractivity contribution in [2.75, 3.05) is 17.3 Å². The van der Waals surface area contributed by atoms with Crippen molar-refractivity contribution in [3.05, 3.63) is 28.8 Å². The molecule has 7 nitrogen and oxygen atoms in total. The first-order chi connectivity index (χ1) is 14.5. The van der Waals surface area contributed by atoms with Crippen molar-refractivity contribution < 1.29 is 34.8 Å². The van der Waals surface area contributed by atoms with Crippen molar-refractivity contribution in [1.82, 2.24) is 0 Å². The maximum atomic E-state index is 11.0. The molecule has 1 aromatic rings. The van der Waals surface area contributed by atoms with Gasteiger partial charge in [0.15, 0.2) is 0 Å². The Labute approximate surface area is 195 Å². The van der Waals surface area contributed by atoms with Gasteiger partial charge in [0.1, 0.15) is 5.75 Å². The van der Waals surface area contributed by atoms with Crippen LogP contribution in [0.25, 0.3) is 0 Å². The molecule has 0 amide bonds. The summed E-state index contributed by atoms with van der Waals surface area (Å²) in [5.41, 5.74) is 2.35. The van der Waals surface area contributed by atoms with Crippen LogP contribution in [0.15, 0.2) is 12.1 Å². The van der Waals surface area contributed by atoms with Crippen molar-refractivity contribution in [2.24, 2.45) is 17.8 Å². The van der Waals surface area contributed by atoms with E-state index in [9.17, 15) is 19.5 Å². The molecule has 0 aliphatic rings. The van der Waals surface area contributed by atoms with Crippen LogP contribution in [0.4, 0.5) is 0 Å². The molecular weight excluding hydrogens is 460 g/mol. The lowest BCUT2D eigenvalue weighted by Gasteiger charge is -2.15. The van der Waals surface area contributed by atoms with E-state index in [1.54, 1.807) is 20.8 Å². The van der Waals surface area contributed by atoms with Crippen LogP contribution in [0.2, 0.25) is 0 Å². The van der Waals surface area contributed by atoms with E-state index < -0.39 is 35.7 Å². The Morgan fingerprint density at radius 1 is 0.710 bits per heavy atom. The molecule has 3 atom stereocenters. The Morgan fingerprint density at radius 3 is 1.35 bits per heavy atom. The van der Waals surface area contributed by atoms with Gasteiger partial charge in [0, 0.05) is 45.6 Å². The fourth-order valence-electron chi connectivity index (χ4n) is 2.39. The number of phenolic OH excluding ortho intramolecular Hbond substituents is 1. The maximum absolute atomic E-state index is 11.0. The standard InChI is InChI=1S/C21H30O7S3/c1-12(19(23)24)6-29-9-15-4-16(10-30-7-13(2)20(25)26)18(22)17(5-15)11-31-8-14(3)21(27)28/h4-5,12-14,22H,6-11H2,1-3H3,(H,23,24)(H,25,26)(H,27,28). The van der Waals surface area contributed by atoms with Crippen LogP contribution in [-0.2, 0) is 31.6 Å². The number of thioether (sulfide) groups is 3. The van der Waals surface area contributed by atoms with E-state index in [4.69, 9.17) is 15.3 Å². The monoisotopic (exact) mass is 490 g/mol. The van der Waals surface area contributed by atoms with Crippen LogP contribution >= 0.6 is 35.3 Å². The van der Waals surface area contributed by atoms with Gasteiger partial charge in [-0.1, -0.05) is 32.9 Å². The quantitative estimate of drug-likeness (QED) is 0.283. The molecule has 4 N–H and O–H groups in total. The molecule has 1 aromatic carbocycles. The number of phenols is 1. The highest BCUT2D eigenvalue weighted by molar-refractivity contribution is 7.99. The summed E-state index contributed by atoms with van der Waals surface area (Å²) in [5.74, 6) is -1.04. The lowest BCUT2D eigenvalue weighted by atomic mass is 10.1. The highest BCUT2D eigenvalue weighted by Gasteiger charge is 2.16. The number of carboxylic acids is 3. The Balaban J connectivity index is 2.89. The van der Waals surface area contributed by atoms with Gasteiger partial charge in [-0.3, -0.25) is 14.4 Å². The van der Waals surface area contributed by atoms with Crippen LogP contribution in [0.1, 0.15) is 37.5 Å². The predicted octanol–water partition coefficient (Wildman–Crippen LogP) is 4.25. The number of benzene rings is 1. The zero-order valence-corrected chi connectivity index (χ0v) is 20.3. The Kier molecular flexibility index (Phi) is 12.2. The number of hydrogen-bond acceptors (Lipinski definition) is 7. The molecule has 1 rings (SSSR count). The summed E-state index contributed by atoms with van der Waals surface area (Å²) >= 11 is 4.36. The first-order valence-electron chi connectivity index (χ1n) is 9.78. The first kappa shape index (κ1) is 27.5. The number of aliphatic carboxylic acids is 3. The third-order valence-corrected chi connectivity index (χ3v) is 8.25. The molecule has 0 heterocycles. The zero-order valence-electron chi connectivity index (χ0n) is 17.9. The topological polar surface area (TPSA) is 132 Å². The number of carboxylic acid groups (broad SMARTS) is 3. The van der Waals surface area contributed by atoms with Crippen molar-refractivity contribution in [1.29, 1.82) is 0 Å². The average Bonchev–Trinajstić information content (AvgIpc) is 2.70. The van der Waals surface area contributed by atoms with E-state index >= 15 is 0 Å². The van der Waals surface area contributed by atoms with Crippen LogP contribution in [0, 0.1) is 17.8 Å². The summed E-state index contributed by atoms with van der Waals surface area (Å²) in [7, 11) is 0. The fourth-order valence-corrected chi connectivity index (χ4v) is 5.52. The lowest BCUT2D eigenvalue weighted by molar-refractivity contribution is -0.141. The molecule has 0 aliphatic heterocycles. The maximum Gasteiger partial charge on any atom is 0.307 e. The molecule has 10 heteroatoms. The van der Waals surface area contributed by atoms with Crippen LogP contribution < -0.4 is 0 Å². The summed E-state index contributed by atoms with van der Waals surface area (Å²) in [6.45, 7) is 4.93. The molecule has 0 radical (unpaired) electrons. The molecule has 31 heavy (non-hydrogen) atoms. The van der Waals surface area contributed by atoms with Gasteiger partial charge in [-0.2, -0.15) is 35.3 Å². The van der Waals surface area contributed by atoms with Gasteiger partial charge in [0.25, 0.3) is 0 Å². The van der Waals surface area contributed by atoms with Crippen molar-refractivity contribution >= 4 is 53.2 Å². The van der Waals surface area contributed by atoms with E-state index in [-0.39, 0.29) is 5.75 Å². The van der Waals surface area contributed by atoms with Crippen LogP contribution in [0.3, 0.4) is 0 Å². The summed E-state index contributed by atoms with van der Waals surface area (Å²) in [5, 5.41) is 37.8. The molecule has 174 valence electrons. The van der Waals surface area contributed by atoms with Gasteiger partial charge in [-0.15, -0.1) is 0 Å². The summed E-state index contributed by atoms with van der Waals surface area (Å²) in [6.07, 6.45) is 0. The van der Waals surface area contributed by atoms with Gasteiger partial charge in [0.05, 0.1) is 17.8 Å². The highest BCUT2D eigenvalue weighted by Crippen LogP contribution is 2.33. The van der Waals surface area contributed by atoms with Gasteiger partial charge in [0.2, 0.25) is 0 Å². The summed E-state index contributed by atoms with van der Waals surface area (Å²) in [6, 6.07) is 3.75. The molecule has 0 bridgehead atoms. The largest absolute Gasteiger partial charge is 0.507 e. The van der Waals surface area contributed by atoms with E-state index in [2.05, 4.69) is 0 Å². The van der Waals surface area contributed by atoms with Gasteiger partial charge in [-0.25, -0.2) is 0 Å². The third kappa shape index (κ3) is 10.1. The molecule has 0 aliphatic carbocycles. The molecule has 0 fully saturated rings. The van der Waals surface area contributed by atoms with Gasteiger partial charge >= 0.3 is 17.9 Å². The predicted molar refractivity (Wildman–Crippen MR) is 127 cm³/mol. The second-order valence-electron chi connectivity index (χ2n) is 7.53. The van der Waals surface area contributed by atoms with E-state index in [1.807, 2.05) is 12.1 Å². The lowest BCUT2D eigenvalue weighted by Crippen LogP contribution is -2.12. The van der Waals surface area contributed by atoms with Crippen LogP contribution in [-0.4, -0.2) is 55.6 Å². The SMILES string of the molecule is CC(CSCc1cc(CSCC(C)C(=O)O)c(O)c(CSCC(C)C(=O)O)c1)C(=O)O. The first-order valence-corrected chi connectivity index (χ1v) is 13.2. The van der Waals surface area contributed by atoms with E-state index in [0.717, 1.165) is 5.56 Å². The minimum absolute atomic E-state index is 0.151. The van der Waals surface area contributed by atoms with Crippen molar-refractivity contribution in [2.45, 2.75) is 38.0 Å². The van der Waals surface area contributed by atoms with Crippen LogP contribution in [0.5, 0.6) is 5.75 Å². The Hall–Kier alpha value is -1.52. The summed E-state index contributed by atoms with van der Waals surface area (Å²) in [4.78, 5) is 33.0. The number of carbonyl (C=O) groups is 3. The average molecular weight is 491 g/mol. The molecule has 0 saturated heterocycles. The van der Waals surface area contributed by atoms with Crippen molar-refractivity contribution in [3.63, 3.8) is 0 Å². The highest BCUT2D eigenvalue weighted by atomic mass is 32.2. The second kappa shape index (κ2) is 13.8. The normalized spacial score (nSPS) is 14.0. The zero-order chi connectivity index (χ0) is 23.6. The van der Waals surface area contributed by atoms with E-state index in [1.165, 1.54) is 35.3 Å². The van der Waals surface area contributed by atoms with Crippen molar-refractivity contribution in [3.8, 4) is 5.75 Å². The third-order valence-electron chi connectivity index (χ3n) is 4.48. The number of rotatable bonds is 15. The number of aromatic hydroxyl groups is 1. The smallest absolute Gasteiger partial charge is 0.307 e. The second-order valence-corrected chi connectivity index (χ2v) is 10.6. The molecule has 0 spiro atoms. The molecule has 0 saturated carbocycles. The Bertz CT molecular complexity index is 722. The van der Waals surface area contributed by atoms with Gasteiger partial charge < -0.3 is 20.4 Å². The minimum Gasteiger partial charge on any atom is -0.507 e. The molecule has 3 unspecified atom stereocenters. The number of hydrogen-bond donors (Lipinski definition) is 4. The Morgan fingerprint density at radius 2 is 1.03 bits per heavy atom.